The summed E-state index contributed by atoms with van der Waals surface area (Å²) in [6, 6.07) is 2.18. The number of aromatic nitrogens is 1. The first-order chi connectivity index (χ1) is 7.18. The Kier molecular flexibility index (Phi) is 2.74. The molecule has 1 aliphatic heterocycles. The molecule has 0 bridgehead atoms. The van der Waals surface area contributed by atoms with E-state index in [1.54, 1.807) is 0 Å². The summed E-state index contributed by atoms with van der Waals surface area (Å²) in [5.41, 5.74) is 0.0747. The minimum absolute atomic E-state index is 0.295. The van der Waals surface area contributed by atoms with Gasteiger partial charge in [0.15, 0.2) is 0 Å². The van der Waals surface area contributed by atoms with Gasteiger partial charge in [-0.2, -0.15) is 5.26 Å². The highest BCUT2D eigenvalue weighted by molar-refractivity contribution is 7.09. The molecule has 1 aromatic rings. The van der Waals surface area contributed by atoms with Crippen LogP contribution in [-0.2, 0) is 4.74 Å². The number of hydrogen-bond donors (Lipinski definition) is 1. The molecule has 2 heterocycles. The zero-order valence-corrected chi connectivity index (χ0v) is 9.25. The molecule has 1 aliphatic rings. The number of rotatable bonds is 2. The van der Waals surface area contributed by atoms with E-state index in [-0.39, 0.29) is 0 Å². The molecule has 0 saturated carbocycles. The topological polar surface area (TPSA) is 66.1 Å². The van der Waals surface area contributed by atoms with Crippen molar-refractivity contribution < 1.29 is 9.84 Å². The lowest BCUT2D eigenvalue weighted by Crippen LogP contribution is -2.27. The molecule has 2 atom stereocenters. The zero-order valence-electron chi connectivity index (χ0n) is 8.43. The van der Waals surface area contributed by atoms with Crippen molar-refractivity contribution in [1.29, 1.82) is 5.26 Å². The van der Waals surface area contributed by atoms with Gasteiger partial charge >= 0.3 is 0 Å². The Hall–Kier alpha value is -0.960. The van der Waals surface area contributed by atoms with Crippen LogP contribution in [0.5, 0.6) is 0 Å². The average molecular weight is 224 g/mol. The number of aliphatic hydroxyl groups is 1. The Balaban J connectivity index is 2.26. The molecular weight excluding hydrogens is 212 g/mol. The fraction of sp³-hybridized carbons (Fsp3) is 0.600. The van der Waals surface area contributed by atoms with Crippen molar-refractivity contribution in [2.24, 2.45) is 5.41 Å². The lowest BCUT2D eigenvalue weighted by molar-refractivity contribution is 0.0501. The summed E-state index contributed by atoms with van der Waals surface area (Å²) in [5, 5.41) is 21.8. The van der Waals surface area contributed by atoms with Crippen LogP contribution in [-0.4, -0.2) is 23.3 Å². The van der Waals surface area contributed by atoms with Crippen molar-refractivity contribution in [2.45, 2.75) is 19.4 Å². The molecule has 0 aromatic carbocycles. The summed E-state index contributed by atoms with van der Waals surface area (Å²) in [5.74, 6) is 0. The molecule has 0 spiro atoms. The Morgan fingerprint density at radius 2 is 2.60 bits per heavy atom. The lowest BCUT2D eigenvalue weighted by Gasteiger charge is -2.23. The number of nitrogens with zero attached hydrogens (tertiary/aromatic N) is 2. The number of aliphatic hydroxyl groups excluding tert-OH is 1. The summed E-state index contributed by atoms with van der Waals surface area (Å²) < 4.78 is 5.20. The molecule has 5 heteroatoms. The van der Waals surface area contributed by atoms with Crippen LogP contribution in [0.25, 0.3) is 0 Å². The van der Waals surface area contributed by atoms with Gasteiger partial charge in [-0.15, -0.1) is 11.3 Å². The first-order valence-electron chi connectivity index (χ1n) is 4.77. The van der Waals surface area contributed by atoms with Crippen molar-refractivity contribution >= 4 is 11.3 Å². The van der Waals surface area contributed by atoms with E-state index < -0.39 is 11.5 Å². The highest BCUT2D eigenvalue weighted by Gasteiger charge is 2.44. The van der Waals surface area contributed by atoms with Crippen LogP contribution in [0.15, 0.2) is 5.38 Å². The number of thiazole rings is 1. The van der Waals surface area contributed by atoms with Crippen LogP contribution in [0.4, 0.5) is 0 Å². The first kappa shape index (κ1) is 10.6. The number of nitriles is 1. The van der Waals surface area contributed by atoms with Gasteiger partial charge in [0, 0.05) is 17.7 Å². The van der Waals surface area contributed by atoms with Crippen molar-refractivity contribution in [2.75, 3.05) is 13.2 Å². The summed E-state index contributed by atoms with van der Waals surface area (Å²) in [4.78, 5) is 4.21. The monoisotopic (exact) mass is 224 g/mol. The number of ether oxygens (including phenoxy) is 1. The van der Waals surface area contributed by atoms with Crippen LogP contribution in [0.3, 0.4) is 0 Å². The fourth-order valence-corrected chi connectivity index (χ4v) is 2.58. The van der Waals surface area contributed by atoms with Gasteiger partial charge in [-0.3, -0.25) is 0 Å². The Morgan fingerprint density at radius 1 is 1.80 bits per heavy atom. The molecule has 1 fully saturated rings. The Morgan fingerprint density at radius 3 is 3.07 bits per heavy atom. The summed E-state index contributed by atoms with van der Waals surface area (Å²) in [7, 11) is 0. The standard InChI is InChI=1S/C10H12N2O2S/c1-7-4-15-9(12-7)8(13)10(5-11)2-3-14-6-10/h4,8,13H,2-3,6H2,1H3. The van der Waals surface area contributed by atoms with Crippen molar-refractivity contribution in [3.63, 3.8) is 0 Å². The average Bonchev–Trinajstić information content (AvgIpc) is 2.86. The van der Waals surface area contributed by atoms with Gasteiger partial charge in [0.05, 0.1) is 12.7 Å². The van der Waals surface area contributed by atoms with Crippen LogP contribution in [0.2, 0.25) is 0 Å². The molecule has 15 heavy (non-hydrogen) atoms. The minimum Gasteiger partial charge on any atom is -0.384 e. The van der Waals surface area contributed by atoms with Crippen LogP contribution < -0.4 is 0 Å². The maximum absolute atomic E-state index is 10.1. The van der Waals surface area contributed by atoms with Gasteiger partial charge in [0.2, 0.25) is 0 Å². The second-order valence-corrected chi connectivity index (χ2v) is 4.69. The van der Waals surface area contributed by atoms with E-state index in [9.17, 15) is 5.11 Å². The molecule has 1 saturated heterocycles. The Labute approximate surface area is 92.1 Å². The van der Waals surface area contributed by atoms with Crippen molar-refractivity contribution in [1.82, 2.24) is 4.98 Å². The second kappa shape index (κ2) is 3.89. The molecule has 80 valence electrons. The highest BCUT2D eigenvalue weighted by atomic mass is 32.1. The van der Waals surface area contributed by atoms with Gasteiger partial charge < -0.3 is 9.84 Å². The SMILES string of the molecule is Cc1csc(C(O)C2(C#N)CCOC2)n1. The summed E-state index contributed by atoms with van der Waals surface area (Å²) in [6.45, 7) is 2.70. The van der Waals surface area contributed by atoms with Gasteiger partial charge in [-0.25, -0.2) is 4.98 Å². The maximum atomic E-state index is 10.1. The van der Waals surface area contributed by atoms with E-state index in [2.05, 4.69) is 11.1 Å². The van der Waals surface area contributed by atoms with Crippen LogP contribution in [0, 0.1) is 23.7 Å². The fourth-order valence-electron chi connectivity index (χ4n) is 1.68. The maximum Gasteiger partial charge on any atom is 0.126 e. The van der Waals surface area contributed by atoms with Crippen molar-refractivity contribution in [3.8, 4) is 6.07 Å². The molecule has 4 nitrogen and oxygen atoms in total. The number of aryl methyl sites for hydroxylation is 1. The van der Waals surface area contributed by atoms with E-state index in [0.29, 0.717) is 24.6 Å². The van der Waals surface area contributed by atoms with E-state index >= 15 is 0 Å². The van der Waals surface area contributed by atoms with E-state index in [4.69, 9.17) is 10.00 Å². The van der Waals surface area contributed by atoms with Gasteiger partial charge in [0.25, 0.3) is 0 Å². The highest BCUT2D eigenvalue weighted by Crippen LogP contribution is 2.41. The smallest absolute Gasteiger partial charge is 0.126 e. The molecule has 1 aromatic heterocycles. The van der Waals surface area contributed by atoms with E-state index in [1.807, 2.05) is 12.3 Å². The normalized spacial score (nSPS) is 27.5. The first-order valence-corrected chi connectivity index (χ1v) is 5.65. The molecule has 1 N–H and O–H groups in total. The third kappa shape index (κ3) is 1.76. The predicted octanol–water partition coefficient (Wildman–Crippen LogP) is 1.42. The third-order valence-corrected chi connectivity index (χ3v) is 3.68. The summed E-state index contributed by atoms with van der Waals surface area (Å²) in [6.07, 6.45) is -0.257. The van der Waals surface area contributed by atoms with Crippen molar-refractivity contribution in [3.05, 3.63) is 16.1 Å². The van der Waals surface area contributed by atoms with Crippen LogP contribution in [0.1, 0.15) is 23.2 Å². The zero-order chi connectivity index (χ0) is 10.9. The molecular formula is C10H12N2O2S. The van der Waals surface area contributed by atoms with Crippen LogP contribution >= 0.6 is 11.3 Å². The number of hydrogen-bond acceptors (Lipinski definition) is 5. The van der Waals surface area contributed by atoms with Gasteiger partial charge in [-0.1, -0.05) is 0 Å². The third-order valence-electron chi connectivity index (χ3n) is 2.67. The largest absolute Gasteiger partial charge is 0.384 e. The van der Waals surface area contributed by atoms with E-state index in [0.717, 1.165) is 5.69 Å². The van der Waals surface area contributed by atoms with Gasteiger partial charge in [-0.05, 0) is 13.3 Å². The summed E-state index contributed by atoms with van der Waals surface area (Å²) >= 11 is 1.39. The second-order valence-electron chi connectivity index (χ2n) is 3.80. The molecule has 2 unspecified atom stereocenters. The minimum atomic E-state index is -0.830. The quantitative estimate of drug-likeness (QED) is 0.825. The molecule has 0 amide bonds. The lowest BCUT2D eigenvalue weighted by atomic mass is 9.83. The van der Waals surface area contributed by atoms with Gasteiger partial charge in [0.1, 0.15) is 16.5 Å². The van der Waals surface area contributed by atoms with E-state index in [1.165, 1.54) is 11.3 Å². The molecule has 0 radical (unpaired) electrons. The predicted molar refractivity (Wildman–Crippen MR) is 55.3 cm³/mol. The Bertz CT molecular complexity index is 390. The molecule has 0 aliphatic carbocycles. The molecule has 2 rings (SSSR count).